The van der Waals surface area contributed by atoms with Crippen LogP contribution in [0, 0.1) is 12.7 Å². The molecule has 0 saturated carbocycles. The Morgan fingerprint density at radius 3 is 2.56 bits per heavy atom. The van der Waals surface area contributed by atoms with Gasteiger partial charge in [-0.3, -0.25) is 4.79 Å². The van der Waals surface area contributed by atoms with Crippen LogP contribution in [0.25, 0.3) is 10.6 Å². The summed E-state index contributed by atoms with van der Waals surface area (Å²) in [5, 5.41) is 9.72. The maximum Gasteiger partial charge on any atom is 0.311 e. The molecule has 2 aromatic rings. The Balaban J connectivity index is 2.40. The van der Waals surface area contributed by atoms with Crippen molar-refractivity contribution in [3.8, 4) is 10.6 Å². The molecule has 2 rings (SSSR count). The van der Waals surface area contributed by atoms with E-state index in [1.54, 1.807) is 26.0 Å². The van der Waals surface area contributed by atoms with Crippen LogP contribution in [0.3, 0.4) is 0 Å². The Hall–Kier alpha value is -1.75. The number of carbonyl (C=O) groups is 1. The third-order valence-corrected chi connectivity index (χ3v) is 4.08. The maximum absolute atomic E-state index is 12.8. The van der Waals surface area contributed by atoms with Gasteiger partial charge < -0.3 is 5.11 Å². The summed E-state index contributed by atoms with van der Waals surface area (Å²) in [6.45, 7) is 3.43. The van der Waals surface area contributed by atoms with Crippen LogP contribution in [0.4, 0.5) is 4.39 Å². The van der Waals surface area contributed by atoms with Crippen molar-refractivity contribution in [3.05, 3.63) is 40.7 Å². The fourth-order valence-electron chi connectivity index (χ4n) is 1.64. The van der Waals surface area contributed by atoms with E-state index in [9.17, 15) is 9.18 Å². The highest BCUT2D eigenvalue weighted by Gasteiger charge is 2.20. The maximum atomic E-state index is 12.8. The fraction of sp³-hybridized carbons (Fsp3) is 0.231. The summed E-state index contributed by atoms with van der Waals surface area (Å²) in [6.07, 6.45) is 0. The fourth-order valence-corrected chi connectivity index (χ4v) is 2.75. The smallest absolute Gasteiger partial charge is 0.311 e. The normalized spacial score (nSPS) is 12.4. The number of aryl methyl sites for hydroxylation is 1. The minimum atomic E-state index is -0.868. The molecule has 0 aliphatic heterocycles. The molecule has 1 aromatic carbocycles. The van der Waals surface area contributed by atoms with Gasteiger partial charge in [0.2, 0.25) is 0 Å². The average Bonchev–Trinajstić information content (AvgIpc) is 2.71. The van der Waals surface area contributed by atoms with Gasteiger partial charge in [0.15, 0.2) is 0 Å². The number of halogens is 1. The van der Waals surface area contributed by atoms with Gasteiger partial charge in [-0.25, -0.2) is 9.37 Å². The minimum Gasteiger partial charge on any atom is -0.481 e. The molecule has 1 atom stereocenters. The van der Waals surface area contributed by atoms with Crippen LogP contribution in [-0.4, -0.2) is 16.1 Å². The molecule has 1 heterocycles. The number of hydrogen-bond acceptors (Lipinski definition) is 3. The number of carboxylic acids is 1. The highest BCUT2D eigenvalue weighted by molar-refractivity contribution is 7.15. The largest absolute Gasteiger partial charge is 0.481 e. The van der Waals surface area contributed by atoms with Gasteiger partial charge in [0.25, 0.3) is 0 Å². The average molecular weight is 265 g/mol. The van der Waals surface area contributed by atoms with Crippen LogP contribution >= 0.6 is 11.3 Å². The van der Waals surface area contributed by atoms with Gasteiger partial charge >= 0.3 is 5.97 Å². The summed E-state index contributed by atoms with van der Waals surface area (Å²) in [7, 11) is 0. The lowest BCUT2D eigenvalue weighted by atomic mass is 10.1. The van der Waals surface area contributed by atoms with Crippen molar-refractivity contribution in [2.45, 2.75) is 19.8 Å². The zero-order valence-corrected chi connectivity index (χ0v) is 10.8. The summed E-state index contributed by atoms with van der Waals surface area (Å²) in [5.74, 6) is -1.74. The minimum absolute atomic E-state index is 0.300. The molecule has 0 amide bonds. The molecular formula is C13H12FNO2S. The molecule has 1 aromatic heterocycles. The Kier molecular flexibility index (Phi) is 3.43. The predicted octanol–water partition coefficient (Wildman–Crippen LogP) is 3.45. The molecule has 1 N–H and O–H groups in total. The molecule has 3 nitrogen and oxygen atoms in total. The summed E-state index contributed by atoms with van der Waals surface area (Å²) >= 11 is 1.34. The highest BCUT2D eigenvalue weighted by Crippen LogP contribution is 2.32. The van der Waals surface area contributed by atoms with E-state index in [2.05, 4.69) is 4.98 Å². The van der Waals surface area contributed by atoms with E-state index in [-0.39, 0.29) is 5.82 Å². The molecule has 0 spiro atoms. The Morgan fingerprint density at radius 2 is 2.00 bits per heavy atom. The number of rotatable bonds is 3. The van der Waals surface area contributed by atoms with Crippen LogP contribution in [-0.2, 0) is 4.79 Å². The molecule has 0 radical (unpaired) electrons. The predicted molar refractivity (Wildman–Crippen MR) is 68.3 cm³/mol. The molecule has 0 saturated heterocycles. The number of nitrogens with zero attached hydrogens (tertiary/aromatic N) is 1. The lowest BCUT2D eigenvalue weighted by Crippen LogP contribution is -2.06. The van der Waals surface area contributed by atoms with Crippen molar-refractivity contribution in [1.82, 2.24) is 4.98 Å². The van der Waals surface area contributed by atoms with Gasteiger partial charge in [0, 0.05) is 10.4 Å². The van der Waals surface area contributed by atoms with E-state index >= 15 is 0 Å². The van der Waals surface area contributed by atoms with E-state index in [1.807, 2.05) is 0 Å². The van der Waals surface area contributed by atoms with E-state index < -0.39 is 11.9 Å². The zero-order chi connectivity index (χ0) is 13.3. The molecule has 94 valence electrons. The first-order chi connectivity index (χ1) is 8.49. The lowest BCUT2D eigenvalue weighted by Gasteiger charge is -2.02. The summed E-state index contributed by atoms with van der Waals surface area (Å²) in [5.41, 5.74) is 1.52. The van der Waals surface area contributed by atoms with Crippen molar-refractivity contribution >= 4 is 17.3 Å². The van der Waals surface area contributed by atoms with E-state index in [0.29, 0.717) is 5.69 Å². The third kappa shape index (κ3) is 2.41. The third-order valence-electron chi connectivity index (χ3n) is 2.69. The molecule has 1 unspecified atom stereocenters. The molecule has 0 bridgehead atoms. The van der Waals surface area contributed by atoms with Gasteiger partial charge in [0.1, 0.15) is 10.8 Å². The van der Waals surface area contributed by atoms with Crippen LogP contribution in [0.1, 0.15) is 23.4 Å². The number of carboxylic acid groups (broad SMARTS) is 1. The van der Waals surface area contributed by atoms with Crippen molar-refractivity contribution in [1.29, 1.82) is 0 Å². The first kappa shape index (κ1) is 12.7. The van der Waals surface area contributed by atoms with E-state index in [1.165, 1.54) is 23.5 Å². The van der Waals surface area contributed by atoms with Crippen LogP contribution in [0.15, 0.2) is 24.3 Å². The van der Waals surface area contributed by atoms with Crippen LogP contribution in [0.2, 0.25) is 0 Å². The first-order valence-corrected chi connectivity index (χ1v) is 6.26. The molecule has 0 aliphatic carbocycles. The second kappa shape index (κ2) is 4.86. The molecule has 0 fully saturated rings. The second-order valence-corrected chi connectivity index (χ2v) is 5.07. The van der Waals surface area contributed by atoms with Gasteiger partial charge in [-0.05, 0) is 38.1 Å². The molecular weight excluding hydrogens is 253 g/mol. The number of aromatic nitrogens is 1. The molecule has 5 heteroatoms. The SMILES string of the molecule is Cc1nc(-c2ccc(F)cc2)sc1C(C)C(=O)O. The number of benzene rings is 1. The van der Waals surface area contributed by atoms with Crippen molar-refractivity contribution in [2.24, 2.45) is 0 Å². The molecule has 0 aliphatic rings. The van der Waals surface area contributed by atoms with Crippen LogP contribution in [0.5, 0.6) is 0 Å². The number of hydrogen-bond donors (Lipinski definition) is 1. The van der Waals surface area contributed by atoms with Gasteiger partial charge in [-0.15, -0.1) is 11.3 Å². The van der Waals surface area contributed by atoms with Crippen molar-refractivity contribution in [3.63, 3.8) is 0 Å². The Labute approximate surface area is 108 Å². The van der Waals surface area contributed by atoms with E-state index in [0.717, 1.165) is 15.4 Å². The second-order valence-electron chi connectivity index (χ2n) is 4.04. The monoisotopic (exact) mass is 265 g/mol. The Bertz CT molecular complexity index is 577. The van der Waals surface area contributed by atoms with Gasteiger partial charge in [-0.1, -0.05) is 0 Å². The van der Waals surface area contributed by atoms with Crippen molar-refractivity contribution < 1.29 is 14.3 Å². The quantitative estimate of drug-likeness (QED) is 0.924. The van der Waals surface area contributed by atoms with Crippen LogP contribution < -0.4 is 0 Å². The highest BCUT2D eigenvalue weighted by atomic mass is 32.1. The first-order valence-electron chi connectivity index (χ1n) is 5.45. The van der Waals surface area contributed by atoms with Gasteiger partial charge in [-0.2, -0.15) is 0 Å². The number of aliphatic carboxylic acids is 1. The summed E-state index contributed by atoms with van der Waals surface area (Å²) in [6, 6.07) is 6.02. The summed E-state index contributed by atoms with van der Waals surface area (Å²) < 4.78 is 12.8. The Morgan fingerprint density at radius 1 is 1.39 bits per heavy atom. The lowest BCUT2D eigenvalue weighted by molar-refractivity contribution is -0.138. The van der Waals surface area contributed by atoms with Gasteiger partial charge in [0.05, 0.1) is 11.6 Å². The van der Waals surface area contributed by atoms with E-state index in [4.69, 9.17) is 5.11 Å². The molecule has 18 heavy (non-hydrogen) atoms. The zero-order valence-electron chi connectivity index (χ0n) is 9.98. The standard InChI is InChI=1S/C13H12FNO2S/c1-7(13(16)17)11-8(2)15-12(18-11)9-3-5-10(14)6-4-9/h3-7H,1-2H3,(H,16,17). The topological polar surface area (TPSA) is 50.2 Å². The summed E-state index contributed by atoms with van der Waals surface area (Å²) in [4.78, 5) is 16.1. The number of thiazole rings is 1. The van der Waals surface area contributed by atoms with Crippen molar-refractivity contribution in [2.75, 3.05) is 0 Å².